The van der Waals surface area contributed by atoms with Crippen molar-refractivity contribution in [3.8, 4) is 5.88 Å². The molecule has 0 saturated carbocycles. The fraction of sp³-hybridized carbons (Fsp3) is 0.429. The van der Waals surface area contributed by atoms with Crippen LogP contribution in [0.4, 0.5) is 0 Å². The van der Waals surface area contributed by atoms with Crippen molar-refractivity contribution in [2.75, 3.05) is 7.11 Å². The van der Waals surface area contributed by atoms with Gasteiger partial charge in [-0.3, -0.25) is 4.68 Å². The summed E-state index contributed by atoms with van der Waals surface area (Å²) in [6.07, 6.45) is 1.50. The van der Waals surface area contributed by atoms with Crippen LogP contribution >= 0.6 is 0 Å². The standard InChI is InChI=1S/C14H19N3O2/c1-4-17-11(8-10(2)16-17)9-13(18)12-6-5-7-15-14(12)19-3/h5-8,13,18H,4,9H2,1-3H3. The first-order chi connectivity index (χ1) is 9.15. The third kappa shape index (κ3) is 2.93. The van der Waals surface area contributed by atoms with Crippen LogP contribution < -0.4 is 4.74 Å². The maximum absolute atomic E-state index is 10.4. The Labute approximate surface area is 112 Å². The van der Waals surface area contributed by atoms with E-state index in [-0.39, 0.29) is 0 Å². The lowest BCUT2D eigenvalue weighted by Gasteiger charge is -2.14. The molecule has 1 atom stereocenters. The monoisotopic (exact) mass is 261 g/mol. The van der Waals surface area contributed by atoms with Crippen LogP contribution in [0.15, 0.2) is 24.4 Å². The van der Waals surface area contributed by atoms with Crippen LogP contribution in [0.3, 0.4) is 0 Å². The third-order valence-corrected chi connectivity index (χ3v) is 3.04. The summed E-state index contributed by atoms with van der Waals surface area (Å²) in [5.74, 6) is 0.467. The average molecular weight is 261 g/mol. The van der Waals surface area contributed by atoms with E-state index in [0.717, 1.165) is 17.9 Å². The molecule has 1 N–H and O–H groups in total. The lowest BCUT2D eigenvalue weighted by Crippen LogP contribution is -2.09. The number of rotatable bonds is 5. The van der Waals surface area contributed by atoms with Gasteiger partial charge in [0, 0.05) is 30.4 Å². The molecule has 0 radical (unpaired) electrons. The van der Waals surface area contributed by atoms with E-state index in [1.807, 2.05) is 30.7 Å². The number of pyridine rings is 1. The van der Waals surface area contributed by atoms with Gasteiger partial charge in [-0.25, -0.2) is 4.98 Å². The zero-order valence-corrected chi connectivity index (χ0v) is 11.5. The molecule has 0 amide bonds. The zero-order chi connectivity index (χ0) is 13.8. The maximum atomic E-state index is 10.4. The highest BCUT2D eigenvalue weighted by Gasteiger charge is 2.17. The number of hydrogen-bond acceptors (Lipinski definition) is 4. The third-order valence-electron chi connectivity index (χ3n) is 3.04. The Kier molecular flexibility index (Phi) is 4.16. The Bertz CT molecular complexity index is 551. The molecule has 0 aliphatic heterocycles. The minimum atomic E-state index is -0.648. The van der Waals surface area contributed by atoms with Gasteiger partial charge in [0.05, 0.1) is 18.9 Å². The van der Waals surface area contributed by atoms with Crippen molar-refractivity contribution in [1.29, 1.82) is 0 Å². The largest absolute Gasteiger partial charge is 0.481 e. The van der Waals surface area contributed by atoms with Crippen molar-refractivity contribution in [2.45, 2.75) is 32.9 Å². The smallest absolute Gasteiger partial charge is 0.218 e. The predicted molar refractivity (Wildman–Crippen MR) is 72.1 cm³/mol. The van der Waals surface area contributed by atoms with Crippen LogP contribution in [0.25, 0.3) is 0 Å². The number of aliphatic hydroxyl groups excluding tert-OH is 1. The molecule has 5 nitrogen and oxygen atoms in total. The second kappa shape index (κ2) is 5.84. The van der Waals surface area contributed by atoms with Crippen molar-refractivity contribution in [1.82, 2.24) is 14.8 Å². The quantitative estimate of drug-likeness (QED) is 0.893. The molecule has 0 bridgehead atoms. The van der Waals surface area contributed by atoms with E-state index in [9.17, 15) is 5.11 Å². The summed E-state index contributed by atoms with van der Waals surface area (Å²) in [6, 6.07) is 5.62. The summed E-state index contributed by atoms with van der Waals surface area (Å²) in [5.41, 5.74) is 2.67. The average Bonchev–Trinajstić information content (AvgIpc) is 2.78. The molecule has 1 unspecified atom stereocenters. The van der Waals surface area contributed by atoms with Gasteiger partial charge in [0.15, 0.2) is 0 Å². The molecule has 0 aliphatic carbocycles. The molecule has 0 aliphatic rings. The van der Waals surface area contributed by atoms with Crippen LogP contribution in [0, 0.1) is 6.92 Å². The van der Waals surface area contributed by atoms with Gasteiger partial charge in [-0.05, 0) is 32.0 Å². The van der Waals surface area contributed by atoms with Gasteiger partial charge in [0.2, 0.25) is 5.88 Å². The SMILES string of the molecule is CCn1nc(C)cc1CC(O)c1cccnc1OC. The number of aromatic nitrogens is 3. The summed E-state index contributed by atoms with van der Waals surface area (Å²) < 4.78 is 7.08. The second-order valence-electron chi connectivity index (χ2n) is 4.41. The summed E-state index contributed by atoms with van der Waals surface area (Å²) >= 11 is 0. The Balaban J connectivity index is 2.22. The number of nitrogens with zero attached hydrogens (tertiary/aromatic N) is 3. The predicted octanol–water partition coefficient (Wildman–Crippen LogP) is 1.89. The number of aliphatic hydroxyl groups is 1. The minimum Gasteiger partial charge on any atom is -0.481 e. The van der Waals surface area contributed by atoms with Crippen LogP contribution in [0.2, 0.25) is 0 Å². The van der Waals surface area contributed by atoms with E-state index in [0.29, 0.717) is 17.9 Å². The van der Waals surface area contributed by atoms with Crippen molar-refractivity contribution in [2.24, 2.45) is 0 Å². The zero-order valence-electron chi connectivity index (χ0n) is 11.5. The van der Waals surface area contributed by atoms with E-state index < -0.39 is 6.10 Å². The van der Waals surface area contributed by atoms with Crippen molar-refractivity contribution >= 4 is 0 Å². The van der Waals surface area contributed by atoms with Crippen molar-refractivity contribution < 1.29 is 9.84 Å². The highest BCUT2D eigenvalue weighted by atomic mass is 16.5. The Morgan fingerprint density at radius 3 is 2.95 bits per heavy atom. The Morgan fingerprint density at radius 1 is 1.47 bits per heavy atom. The van der Waals surface area contributed by atoms with Crippen LogP contribution in [0.1, 0.15) is 30.0 Å². The molecule has 2 aromatic rings. The van der Waals surface area contributed by atoms with Gasteiger partial charge in [-0.2, -0.15) is 5.10 Å². The van der Waals surface area contributed by atoms with Gasteiger partial charge in [-0.15, -0.1) is 0 Å². The molecule has 5 heteroatoms. The van der Waals surface area contributed by atoms with E-state index in [1.54, 1.807) is 19.4 Å². The summed E-state index contributed by atoms with van der Waals surface area (Å²) in [4.78, 5) is 4.10. The first kappa shape index (κ1) is 13.5. The fourth-order valence-corrected chi connectivity index (χ4v) is 2.17. The number of aryl methyl sites for hydroxylation is 2. The molecule has 2 aromatic heterocycles. The van der Waals surface area contributed by atoms with Gasteiger partial charge >= 0.3 is 0 Å². The first-order valence-corrected chi connectivity index (χ1v) is 6.36. The molecule has 2 rings (SSSR count). The molecule has 19 heavy (non-hydrogen) atoms. The lowest BCUT2D eigenvalue weighted by atomic mass is 10.1. The highest BCUT2D eigenvalue weighted by Crippen LogP contribution is 2.25. The van der Waals surface area contributed by atoms with Crippen molar-refractivity contribution in [3.63, 3.8) is 0 Å². The van der Waals surface area contributed by atoms with Crippen LogP contribution in [0.5, 0.6) is 5.88 Å². The summed E-state index contributed by atoms with van der Waals surface area (Å²) in [5, 5.41) is 14.7. The van der Waals surface area contributed by atoms with E-state index in [2.05, 4.69) is 10.1 Å². The number of ether oxygens (including phenoxy) is 1. The van der Waals surface area contributed by atoms with E-state index >= 15 is 0 Å². The van der Waals surface area contributed by atoms with Gasteiger partial charge in [0.1, 0.15) is 0 Å². The Hall–Kier alpha value is -1.88. The number of methoxy groups -OCH3 is 1. The number of hydrogen-bond donors (Lipinski definition) is 1. The molecule has 0 fully saturated rings. The molecule has 0 saturated heterocycles. The second-order valence-corrected chi connectivity index (χ2v) is 4.41. The minimum absolute atomic E-state index is 0.467. The molecule has 102 valence electrons. The molecular formula is C14H19N3O2. The topological polar surface area (TPSA) is 60.2 Å². The summed E-state index contributed by atoms with van der Waals surface area (Å²) in [6.45, 7) is 4.78. The van der Waals surface area contributed by atoms with Crippen LogP contribution in [-0.2, 0) is 13.0 Å². The van der Waals surface area contributed by atoms with E-state index in [4.69, 9.17) is 4.74 Å². The van der Waals surface area contributed by atoms with Crippen molar-refractivity contribution in [3.05, 3.63) is 41.3 Å². The maximum Gasteiger partial charge on any atom is 0.218 e. The normalized spacial score (nSPS) is 12.4. The highest BCUT2D eigenvalue weighted by molar-refractivity contribution is 5.29. The van der Waals surface area contributed by atoms with Gasteiger partial charge in [0.25, 0.3) is 0 Å². The molecule has 2 heterocycles. The Morgan fingerprint density at radius 2 is 2.26 bits per heavy atom. The molecule has 0 spiro atoms. The summed E-state index contributed by atoms with van der Waals surface area (Å²) in [7, 11) is 1.55. The van der Waals surface area contributed by atoms with Crippen LogP contribution in [-0.4, -0.2) is 27.0 Å². The molecular weight excluding hydrogens is 242 g/mol. The van der Waals surface area contributed by atoms with Gasteiger partial charge < -0.3 is 9.84 Å². The van der Waals surface area contributed by atoms with E-state index in [1.165, 1.54) is 0 Å². The van der Waals surface area contributed by atoms with Gasteiger partial charge in [-0.1, -0.05) is 0 Å². The molecule has 0 aromatic carbocycles. The first-order valence-electron chi connectivity index (χ1n) is 6.36. The lowest BCUT2D eigenvalue weighted by molar-refractivity contribution is 0.170. The fourth-order valence-electron chi connectivity index (χ4n) is 2.17.